The zero-order valence-electron chi connectivity index (χ0n) is 10.7. The second kappa shape index (κ2) is 4.48. The van der Waals surface area contributed by atoms with E-state index < -0.39 is 11.5 Å². The van der Waals surface area contributed by atoms with Gasteiger partial charge in [0.15, 0.2) is 11.9 Å². The third-order valence-electron chi connectivity index (χ3n) is 3.28. The van der Waals surface area contributed by atoms with E-state index in [1.54, 1.807) is 0 Å². The van der Waals surface area contributed by atoms with Crippen molar-refractivity contribution in [3.63, 3.8) is 0 Å². The summed E-state index contributed by atoms with van der Waals surface area (Å²) < 4.78 is 5.72. The van der Waals surface area contributed by atoms with Crippen molar-refractivity contribution in [2.45, 2.75) is 19.4 Å². The van der Waals surface area contributed by atoms with Gasteiger partial charge in [-0.05, 0) is 18.6 Å². The number of aromatic amines is 1. The molecule has 6 nitrogen and oxygen atoms in total. The lowest BCUT2D eigenvalue weighted by Crippen LogP contribution is -2.25. The number of nitrogens with one attached hydrogen (secondary N) is 1. The summed E-state index contributed by atoms with van der Waals surface area (Å²) in [6.07, 6.45) is 0.215. The first-order valence-electron chi connectivity index (χ1n) is 6.15. The molecule has 2 heterocycles. The maximum Gasteiger partial charge on any atom is 0.343 e. The summed E-state index contributed by atoms with van der Waals surface area (Å²) in [5.74, 6) is -0.160. The molecule has 1 aliphatic heterocycles. The van der Waals surface area contributed by atoms with Gasteiger partial charge in [0, 0.05) is 6.42 Å². The molecule has 0 bridgehead atoms. The molecule has 0 saturated carbocycles. The van der Waals surface area contributed by atoms with Gasteiger partial charge in [0.05, 0.1) is 5.69 Å². The van der Waals surface area contributed by atoms with Crippen LogP contribution in [0.3, 0.4) is 0 Å². The summed E-state index contributed by atoms with van der Waals surface area (Å²) in [5, 5.41) is 8.95. The zero-order valence-corrected chi connectivity index (χ0v) is 10.7. The number of hydrogen-bond acceptors (Lipinski definition) is 4. The van der Waals surface area contributed by atoms with Gasteiger partial charge in [0.25, 0.3) is 5.56 Å². The van der Waals surface area contributed by atoms with Crippen molar-refractivity contribution in [2.24, 2.45) is 0 Å². The molecular formula is C14H12N2O4. The minimum Gasteiger partial charge on any atom is -0.482 e. The van der Waals surface area contributed by atoms with E-state index in [4.69, 9.17) is 9.84 Å². The summed E-state index contributed by atoms with van der Waals surface area (Å²) in [7, 11) is 0. The Morgan fingerprint density at radius 2 is 2.20 bits per heavy atom. The highest BCUT2D eigenvalue weighted by Crippen LogP contribution is 2.34. The molecule has 20 heavy (non-hydrogen) atoms. The highest BCUT2D eigenvalue weighted by molar-refractivity contribution is 5.88. The topological polar surface area (TPSA) is 92.3 Å². The van der Waals surface area contributed by atoms with E-state index in [9.17, 15) is 9.59 Å². The van der Waals surface area contributed by atoms with E-state index in [1.807, 2.05) is 24.3 Å². The summed E-state index contributed by atoms with van der Waals surface area (Å²) in [4.78, 5) is 29.4. The van der Waals surface area contributed by atoms with Crippen LogP contribution >= 0.6 is 0 Å². The van der Waals surface area contributed by atoms with Crippen LogP contribution in [0.5, 0.6) is 5.75 Å². The minimum absolute atomic E-state index is 0.191. The van der Waals surface area contributed by atoms with Crippen LogP contribution in [-0.4, -0.2) is 21.0 Å². The number of carboxylic acid groups (broad SMARTS) is 1. The molecule has 2 N–H and O–H groups in total. The molecule has 1 aliphatic rings. The van der Waals surface area contributed by atoms with Crippen molar-refractivity contribution in [1.29, 1.82) is 0 Å². The molecule has 1 atom stereocenters. The molecule has 1 unspecified atom stereocenters. The van der Waals surface area contributed by atoms with E-state index in [-0.39, 0.29) is 17.4 Å². The predicted octanol–water partition coefficient (Wildman–Crippen LogP) is 1.45. The number of ether oxygens (including phenoxy) is 1. The summed E-state index contributed by atoms with van der Waals surface area (Å²) in [6.45, 7) is 1.50. The van der Waals surface area contributed by atoms with Gasteiger partial charge < -0.3 is 14.8 Å². The fourth-order valence-electron chi connectivity index (χ4n) is 2.35. The summed E-state index contributed by atoms with van der Waals surface area (Å²) in [6, 6.07) is 7.59. The lowest BCUT2D eigenvalue weighted by Gasteiger charge is -2.11. The first-order valence-corrected chi connectivity index (χ1v) is 6.15. The lowest BCUT2D eigenvalue weighted by atomic mass is 10.1. The number of nitrogens with zero attached hydrogens (tertiary/aromatic N) is 1. The first kappa shape index (κ1) is 12.4. The van der Waals surface area contributed by atoms with E-state index in [0.717, 1.165) is 11.3 Å². The van der Waals surface area contributed by atoms with Crippen LogP contribution in [0.2, 0.25) is 0 Å². The predicted molar refractivity (Wildman–Crippen MR) is 70.1 cm³/mol. The molecule has 0 spiro atoms. The number of hydrogen-bond donors (Lipinski definition) is 2. The van der Waals surface area contributed by atoms with Gasteiger partial charge in [-0.1, -0.05) is 18.2 Å². The number of aryl methyl sites for hydroxylation is 1. The maximum atomic E-state index is 11.8. The number of carboxylic acids is 1. The molecule has 0 fully saturated rings. The molecule has 0 aliphatic carbocycles. The van der Waals surface area contributed by atoms with E-state index in [1.165, 1.54) is 6.92 Å². The van der Waals surface area contributed by atoms with Gasteiger partial charge in [0.1, 0.15) is 11.3 Å². The van der Waals surface area contributed by atoms with Crippen molar-refractivity contribution in [3.8, 4) is 5.75 Å². The third kappa shape index (κ3) is 1.95. The van der Waals surface area contributed by atoms with E-state index in [2.05, 4.69) is 9.97 Å². The Morgan fingerprint density at radius 3 is 2.85 bits per heavy atom. The number of fused-ring (bicyclic) bond motifs is 1. The van der Waals surface area contributed by atoms with Gasteiger partial charge in [-0.15, -0.1) is 0 Å². The van der Waals surface area contributed by atoms with Crippen molar-refractivity contribution >= 4 is 5.97 Å². The molecule has 3 rings (SSSR count). The van der Waals surface area contributed by atoms with Crippen LogP contribution in [0.25, 0.3) is 0 Å². The summed E-state index contributed by atoms with van der Waals surface area (Å²) in [5.41, 5.74) is 0.250. The smallest absolute Gasteiger partial charge is 0.343 e. The van der Waals surface area contributed by atoms with Gasteiger partial charge >= 0.3 is 5.97 Å². The molecule has 6 heteroatoms. The number of H-pyrrole nitrogens is 1. The summed E-state index contributed by atoms with van der Waals surface area (Å²) >= 11 is 0. The average Bonchev–Trinajstić information content (AvgIpc) is 2.81. The molecule has 1 aromatic carbocycles. The van der Waals surface area contributed by atoms with Crippen LogP contribution in [0.1, 0.15) is 33.5 Å². The number of aromatic nitrogens is 2. The van der Waals surface area contributed by atoms with Crippen LogP contribution in [-0.2, 0) is 6.42 Å². The number of benzene rings is 1. The third-order valence-corrected chi connectivity index (χ3v) is 3.28. The van der Waals surface area contributed by atoms with Crippen LogP contribution in [0.15, 0.2) is 29.1 Å². The van der Waals surface area contributed by atoms with Crippen molar-refractivity contribution in [3.05, 3.63) is 57.3 Å². The molecule has 102 valence electrons. The van der Waals surface area contributed by atoms with Crippen molar-refractivity contribution < 1.29 is 14.6 Å². The van der Waals surface area contributed by atoms with Crippen LogP contribution in [0.4, 0.5) is 0 Å². The molecular weight excluding hydrogens is 260 g/mol. The Morgan fingerprint density at radius 1 is 1.45 bits per heavy atom. The Bertz CT molecular complexity index is 726. The standard InChI is InChI=1S/C14H12N2O4/c1-7-11(14(18)19)13(17)16-12(15-7)10-6-8-4-2-3-5-9(8)20-10/h2-5,10H,6H2,1H3,(H,18,19)(H,15,16,17). The SMILES string of the molecule is Cc1nc(C2Cc3ccccc3O2)[nH]c(=O)c1C(=O)O. The quantitative estimate of drug-likeness (QED) is 0.863. The van der Waals surface area contributed by atoms with Gasteiger partial charge in [0.2, 0.25) is 0 Å². The van der Waals surface area contributed by atoms with E-state index in [0.29, 0.717) is 12.2 Å². The highest BCUT2D eigenvalue weighted by atomic mass is 16.5. The lowest BCUT2D eigenvalue weighted by molar-refractivity contribution is 0.0693. The van der Waals surface area contributed by atoms with Gasteiger partial charge in [-0.2, -0.15) is 0 Å². The molecule has 0 saturated heterocycles. The second-order valence-electron chi connectivity index (χ2n) is 4.64. The fraction of sp³-hybridized carbons (Fsp3) is 0.214. The normalized spacial score (nSPS) is 16.6. The van der Waals surface area contributed by atoms with E-state index >= 15 is 0 Å². The van der Waals surface area contributed by atoms with Gasteiger partial charge in [-0.3, -0.25) is 4.79 Å². The fourth-order valence-corrected chi connectivity index (χ4v) is 2.35. The molecule has 1 aromatic heterocycles. The molecule has 2 aromatic rings. The van der Waals surface area contributed by atoms with Gasteiger partial charge in [-0.25, -0.2) is 9.78 Å². The Balaban J connectivity index is 1.98. The monoisotopic (exact) mass is 272 g/mol. The largest absolute Gasteiger partial charge is 0.482 e. The second-order valence-corrected chi connectivity index (χ2v) is 4.64. The Kier molecular flexibility index (Phi) is 2.78. The number of aromatic carboxylic acids is 1. The van der Waals surface area contributed by atoms with Crippen LogP contribution in [0, 0.1) is 6.92 Å². The number of carbonyl (C=O) groups is 1. The zero-order chi connectivity index (χ0) is 14.3. The van der Waals surface area contributed by atoms with Crippen molar-refractivity contribution in [1.82, 2.24) is 9.97 Å². The highest BCUT2D eigenvalue weighted by Gasteiger charge is 2.27. The maximum absolute atomic E-state index is 11.8. The molecule has 0 amide bonds. The van der Waals surface area contributed by atoms with Crippen LogP contribution < -0.4 is 10.3 Å². The molecule has 0 radical (unpaired) electrons. The number of para-hydroxylation sites is 1. The minimum atomic E-state index is -1.28. The Hall–Kier alpha value is -2.63. The first-order chi connectivity index (χ1) is 9.56. The van der Waals surface area contributed by atoms with Crippen molar-refractivity contribution in [2.75, 3.05) is 0 Å². The Labute approximate surface area is 114 Å². The number of rotatable bonds is 2. The average molecular weight is 272 g/mol.